The summed E-state index contributed by atoms with van der Waals surface area (Å²) >= 11 is 0. The Morgan fingerprint density at radius 3 is 2.68 bits per heavy atom. The molecule has 1 N–H and O–H groups in total. The Morgan fingerprint density at radius 1 is 1.32 bits per heavy atom. The Kier molecular flexibility index (Phi) is 4.72. The van der Waals surface area contributed by atoms with Gasteiger partial charge in [0.15, 0.2) is 6.61 Å². The average molecular weight is 317 g/mol. The van der Waals surface area contributed by atoms with Crippen LogP contribution in [-0.2, 0) is 14.3 Å². The average Bonchev–Trinajstić information content (AvgIpc) is 3.22. The minimum absolute atomic E-state index is 0.127. The number of ether oxygens (including phenoxy) is 1. The maximum atomic E-state index is 11.5. The first-order chi connectivity index (χ1) is 10.3. The van der Waals surface area contributed by atoms with E-state index in [1.54, 1.807) is 25.8 Å². The lowest BCUT2D eigenvalue weighted by Crippen LogP contribution is -2.44. The van der Waals surface area contributed by atoms with E-state index in [9.17, 15) is 9.59 Å². The number of rotatable bonds is 6. The van der Waals surface area contributed by atoms with Gasteiger partial charge in [0.2, 0.25) is 0 Å². The van der Waals surface area contributed by atoms with E-state index in [0.717, 1.165) is 11.4 Å². The Hall–Kier alpha value is -2.06. The van der Waals surface area contributed by atoms with Crippen LogP contribution in [0.4, 0.5) is 0 Å². The molecule has 1 unspecified atom stereocenters. The first-order valence-corrected chi connectivity index (χ1v) is 7.35. The van der Waals surface area contributed by atoms with Gasteiger partial charge in [0, 0.05) is 11.5 Å². The zero-order valence-electron chi connectivity index (χ0n) is 13.2. The second-order valence-electron chi connectivity index (χ2n) is 6.38. The molecule has 0 saturated carbocycles. The van der Waals surface area contributed by atoms with Crippen LogP contribution in [0.5, 0.6) is 0 Å². The topological polar surface area (TPSA) is 99.1 Å². The highest BCUT2D eigenvalue weighted by Crippen LogP contribution is 2.17. The minimum atomic E-state index is -0.798. The third kappa shape index (κ3) is 4.22. The zero-order chi connectivity index (χ0) is 16.3. The Balaban J connectivity index is 1.69. The number of esters is 1. The Bertz CT molecular complexity index is 509. The first kappa shape index (κ1) is 16.3. The van der Waals surface area contributed by atoms with Crippen molar-refractivity contribution in [3.63, 3.8) is 0 Å². The van der Waals surface area contributed by atoms with Crippen molar-refractivity contribution in [3.05, 3.63) is 0 Å². The van der Waals surface area contributed by atoms with E-state index in [1.807, 2.05) is 0 Å². The number of carbonyl (C=O) groups excluding carboxylic acids is 1. The zero-order valence-corrected chi connectivity index (χ0v) is 13.2. The van der Waals surface area contributed by atoms with Crippen molar-refractivity contribution in [2.75, 3.05) is 31.3 Å². The molecular weight excluding hydrogens is 294 g/mol. The summed E-state index contributed by atoms with van der Waals surface area (Å²) in [7, 11) is 0. The van der Waals surface area contributed by atoms with Gasteiger partial charge in [-0.3, -0.25) is 14.6 Å². The highest BCUT2D eigenvalue weighted by Gasteiger charge is 2.30. The highest BCUT2D eigenvalue weighted by atomic mass is 17.0. The standard InChI is InChI=1S/C13H23N3O6/c1-13(2,3)12(19)20-7-8-21-16-15(22-16)14-6-4-5-10(9-14)11(17)18/h10H,4-9H2,1-3H3,(H,17,18). The molecule has 1 aromatic rings. The number of carboxylic acid groups (broad SMARTS) is 1. The molecule has 0 radical (unpaired) electrons. The summed E-state index contributed by atoms with van der Waals surface area (Å²) in [4.78, 5) is 29.2. The molecule has 1 aliphatic rings. The molecular formula is C13H23N3O6. The quantitative estimate of drug-likeness (QED) is 0.596. The van der Waals surface area contributed by atoms with Crippen molar-refractivity contribution in [3.8, 4) is 0 Å². The fourth-order valence-corrected chi connectivity index (χ4v) is 2.05. The summed E-state index contributed by atoms with van der Waals surface area (Å²) in [5, 5.41) is 12.0. The van der Waals surface area contributed by atoms with Crippen molar-refractivity contribution in [1.82, 2.24) is 9.98 Å². The van der Waals surface area contributed by atoms with Crippen molar-refractivity contribution < 1.29 is 28.9 Å². The van der Waals surface area contributed by atoms with Crippen LogP contribution in [0.25, 0.3) is 0 Å². The van der Waals surface area contributed by atoms with E-state index in [1.165, 1.54) is 4.96 Å². The second-order valence-corrected chi connectivity index (χ2v) is 6.38. The Morgan fingerprint density at radius 2 is 2.05 bits per heavy atom. The second kappa shape index (κ2) is 6.37. The molecule has 1 aliphatic heterocycles. The third-order valence-electron chi connectivity index (χ3n) is 3.38. The van der Waals surface area contributed by atoms with E-state index in [0.29, 0.717) is 19.5 Å². The molecule has 22 heavy (non-hydrogen) atoms. The van der Waals surface area contributed by atoms with Gasteiger partial charge in [-0.05, 0) is 33.6 Å². The molecule has 1 saturated heterocycles. The monoisotopic (exact) mass is 317 g/mol. The molecule has 126 valence electrons. The number of aliphatic carboxylic acids is 1. The maximum Gasteiger partial charge on any atom is 0.311 e. The van der Waals surface area contributed by atoms with Crippen LogP contribution in [0, 0.1) is 11.3 Å². The SMILES string of the molecule is CC(C)(C)C(=O)OCCOn1on1N1CCCC(C(=O)O)C1. The largest absolute Gasteiger partial charge is 0.481 e. The van der Waals surface area contributed by atoms with Gasteiger partial charge in [-0.25, -0.2) is 0 Å². The predicted molar refractivity (Wildman–Crippen MR) is 74.9 cm³/mol. The van der Waals surface area contributed by atoms with Crippen LogP contribution in [0.1, 0.15) is 33.6 Å². The van der Waals surface area contributed by atoms with Crippen LogP contribution in [0.3, 0.4) is 0 Å². The fourth-order valence-electron chi connectivity index (χ4n) is 2.05. The van der Waals surface area contributed by atoms with E-state index >= 15 is 0 Å². The predicted octanol–water partition coefficient (Wildman–Crippen LogP) is 0.333. The lowest BCUT2D eigenvalue weighted by molar-refractivity contribution is -0.154. The number of piperidine rings is 1. The molecule has 2 heterocycles. The number of carbonyl (C=O) groups is 2. The highest BCUT2D eigenvalue weighted by molar-refractivity contribution is 5.75. The normalized spacial score (nSPS) is 19.2. The molecule has 2 rings (SSSR count). The molecule has 1 atom stereocenters. The summed E-state index contributed by atoms with van der Waals surface area (Å²) in [6.07, 6.45) is 1.46. The van der Waals surface area contributed by atoms with Crippen molar-refractivity contribution in [1.29, 1.82) is 0 Å². The van der Waals surface area contributed by atoms with E-state index < -0.39 is 17.3 Å². The van der Waals surface area contributed by atoms with Gasteiger partial charge in [-0.15, -0.1) is 0 Å². The molecule has 0 aromatic carbocycles. The van der Waals surface area contributed by atoms with Crippen LogP contribution in [0.2, 0.25) is 0 Å². The van der Waals surface area contributed by atoms with Crippen molar-refractivity contribution in [2.45, 2.75) is 33.6 Å². The van der Waals surface area contributed by atoms with Crippen LogP contribution < -0.4 is 9.85 Å². The summed E-state index contributed by atoms with van der Waals surface area (Å²) in [5.74, 6) is -1.49. The summed E-state index contributed by atoms with van der Waals surface area (Å²) in [6, 6.07) is 0. The van der Waals surface area contributed by atoms with Gasteiger partial charge < -0.3 is 14.7 Å². The summed E-state index contributed by atoms with van der Waals surface area (Å²) < 4.78 is 10.2. The van der Waals surface area contributed by atoms with E-state index in [2.05, 4.69) is 0 Å². The van der Waals surface area contributed by atoms with Gasteiger partial charge in [-0.2, -0.15) is 4.63 Å². The molecule has 1 aromatic heterocycles. The van der Waals surface area contributed by atoms with Crippen LogP contribution >= 0.6 is 0 Å². The van der Waals surface area contributed by atoms with Gasteiger partial charge in [0.05, 0.1) is 17.9 Å². The number of carboxylic acids is 1. The molecule has 0 amide bonds. The number of hydrogen-bond donors (Lipinski definition) is 1. The third-order valence-corrected chi connectivity index (χ3v) is 3.38. The maximum absolute atomic E-state index is 11.5. The van der Waals surface area contributed by atoms with E-state index in [4.69, 9.17) is 19.3 Å². The summed E-state index contributed by atoms with van der Waals surface area (Å²) in [6.45, 7) is 6.72. The Labute approximate surface area is 128 Å². The van der Waals surface area contributed by atoms with Gasteiger partial charge in [0.1, 0.15) is 11.6 Å². The minimum Gasteiger partial charge on any atom is -0.481 e. The first-order valence-electron chi connectivity index (χ1n) is 7.35. The molecule has 1 fully saturated rings. The molecule has 9 heteroatoms. The van der Waals surface area contributed by atoms with Crippen molar-refractivity contribution in [2.24, 2.45) is 11.3 Å². The van der Waals surface area contributed by atoms with Gasteiger partial charge >= 0.3 is 11.9 Å². The molecule has 0 spiro atoms. The van der Waals surface area contributed by atoms with Crippen LogP contribution in [0.15, 0.2) is 4.63 Å². The number of aromatic nitrogens is 2. The number of hydrogen-bond acceptors (Lipinski definition) is 6. The van der Waals surface area contributed by atoms with Crippen molar-refractivity contribution >= 4 is 11.9 Å². The molecule has 0 bridgehead atoms. The van der Waals surface area contributed by atoms with Gasteiger partial charge in [-0.1, -0.05) is 0 Å². The summed E-state index contributed by atoms with van der Waals surface area (Å²) in [5.41, 5.74) is -0.540. The van der Waals surface area contributed by atoms with Gasteiger partial charge in [0.25, 0.3) is 0 Å². The lowest BCUT2D eigenvalue weighted by atomic mass is 9.97. The van der Waals surface area contributed by atoms with E-state index in [-0.39, 0.29) is 19.2 Å². The van der Waals surface area contributed by atoms with Crippen LogP contribution in [-0.4, -0.2) is 53.3 Å². The lowest BCUT2D eigenvalue weighted by Gasteiger charge is -2.26. The smallest absolute Gasteiger partial charge is 0.311 e. The molecule has 0 aliphatic carbocycles. The fraction of sp³-hybridized carbons (Fsp3) is 0.846. The number of nitrogens with zero attached hydrogens (tertiary/aromatic N) is 3. The molecule has 9 nitrogen and oxygen atoms in total.